The molecule has 3 unspecified atom stereocenters. The van der Waals surface area contributed by atoms with Crippen molar-refractivity contribution < 1.29 is 14.3 Å². The third-order valence-corrected chi connectivity index (χ3v) is 6.00. The van der Waals surface area contributed by atoms with Gasteiger partial charge in [-0.05, 0) is 49.1 Å². The van der Waals surface area contributed by atoms with Crippen LogP contribution in [0.25, 0.3) is 0 Å². The van der Waals surface area contributed by atoms with E-state index in [0.717, 1.165) is 12.3 Å². The van der Waals surface area contributed by atoms with Crippen LogP contribution in [0.3, 0.4) is 0 Å². The molecule has 1 N–H and O–H groups in total. The van der Waals surface area contributed by atoms with Gasteiger partial charge >= 0.3 is 5.97 Å². The SMILES string of the molecule is O=C(COC(=O)CC1CC2CCC1C2)Nc1cc(Cl)c(Cl)cc1Cl. The molecule has 1 amide bonds. The minimum atomic E-state index is -0.461. The highest BCUT2D eigenvalue weighted by atomic mass is 35.5. The Morgan fingerprint density at radius 3 is 2.50 bits per heavy atom. The lowest BCUT2D eigenvalue weighted by Crippen LogP contribution is -2.23. The van der Waals surface area contributed by atoms with Crippen LogP contribution < -0.4 is 5.32 Å². The van der Waals surface area contributed by atoms with Crippen LogP contribution >= 0.6 is 34.8 Å². The Bertz CT molecular complexity index is 665. The van der Waals surface area contributed by atoms with E-state index in [1.54, 1.807) is 0 Å². The third-order valence-electron chi connectivity index (χ3n) is 4.96. The van der Waals surface area contributed by atoms with Gasteiger partial charge < -0.3 is 10.1 Å². The van der Waals surface area contributed by atoms with Gasteiger partial charge in [-0.1, -0.05) is 41.2 Å². The van der Waals surface area contributed by atoms with Crippen molar-refractivity contribution in [3.8, 4) is 0 Å². The molecular weight excluding hydrogens is 373 g/mol. The van der Waals surface area contributed by atoms with Gasteiger partial charge in [0.15, 0.2) is 6.61 Å². The number of halogens is 3. The van der Waals surface area contributed by atoms with Gasteiger partial charge in [0, 0.05) is 6.42 Å². The van der Waals surface area contributed by atoms with E-state index in [1.165, 1.54) is 31.4 Å². The average Bonchev–Trinajstić information content (AvgIpc) is 3.13. The van der Waals surface area contributed by atoms with Crippen molar-refractivity contribution in [2.75, 3.05) is 11.9 Å². The Morgan fingerprint density at radius 1 is 1.08 bits per heavy atom. The summed E-state index contributed by atoms with van der Waals surface area (Å²) in [5.41, 5.74) is 0.334. The van der Waals surface area contributed by atoms with Crippen LogP contribution in [0.15, 0.2) is 12.1 Å². The second-order valence-electron chi connectivity index (χ2n) is 6.59. The number of nitrogens with one attached hydrogen (secondary N) is 1. The molecule has 0 aromatic heterocycles. The third kappa shape index (κ3) is 4.16. The Hall–Kier alpha value is -0.970. The maximum Gasteiger partial charge on any atom is 0.306 e. The molecule has 0 heterocycles. The minimum Gasteiger partial charge on any atom is -0.456 e. The largest absolute Gasteiger partial charge is 0.456 e. The number of carbonyl (C=O) groups excluding carboxylic acids is 2. The highest BCUT2D eigenvalue weighted by Gasteiger charge is 2.40. The second kappa shape index (κ2) is 7.51. The molecule has 24 heavy (non-hydrogen) atoms. The van der Waals surface area contributed by atoms with Gasteiger partial charge in [-0.3, -0.25) is 9.59 Å². The summed E-state index contributed by atoms with van der Waals surface area (Å²) < 4.78 is 5.09. The topological polar surface area (TPSA) is 55.4 Å². The molecule has 1 aromatic carbocycles. The Balaban J connectivity index is 1.45. The molecule has 2 aliphatic carbocycles. The van der Waals surface area contributed by atoms with E-state index in [-0.39, 0.29) is 22.6 Å². The van der Waals surface area contributed by atoms with Crippen molar-refractivity contribution in [2.24, 2.45) is 17.8 Å². The normalized spacial score (nSPS) is 24.9. The number of esters is 1. The molecule has 0 aliphatic heterocycles. The predicted octanol–water partition coefficient (Wildman–Crippen LogP) is 4.95. The first-order chi connectivity index (χ1) is 11.4. The Labute approximate surface area is 155 Å². The summed E-state index contributed by atoms with van der Waals surface area (Å²) in [6.45, 7) is -0.337. The van der Waals surface area contributed by atoms with Crippen LogP contribution in [0, 0.1) is 17.8 Å². The molecule has 7 heteroatoms. The quantitative estimate of drug-likeness (QED) is 0.571. The molecule has 2 bridgehead atoms. The lowest BCUT2D eigenvalue weighted by molar-refractivity contribution is -0.148. The monoisotopic (exact) mass is 389 g/mol. The number of carbonyl (C=O) groups is 2. The number of rotatable bonds is 5. The smallest absolute Gasteiger partial charge is 0.306 e. The van der Waals surface area contributed by atoms with E-state index in [4.69, 9.17) is 39.5 Å². The number of ether oxygens (including phenoxy) is 1. The van der Waals surface area contributed by atoms with E-state index < -0.39 is 5.91 Å². The van der Waals surface area contributed by atoms with Crippen LogP contribution in [-0.4, -0.2) is 18.5 Å². The molecule has 1 aromatic rings. The molecule has 2 fully saturated rings. The van der Waals surface area contributed by atoms with Gasteiger partial charge in [-0.2, -0.15) is 0 Å². The molecule has 2 saturated carbocycles. The Morgan fingerprint density at radius 2 is 1.83 bits per heavy atom. The summed E-state index contributed by atoms with van der Waals surface area (Å²) in [6, 6.07) is 2.91. The molecule has 0 spiro atoms. The van der Waals surface area contributed by atoms with Gasteiger partial charge in [-0.25, -0.2) is 0 Å². The zero-order chi connectivity index (χ0) is 17.3. The number of hydrogen-bond acceptors (Lipinski definition) is 3. The lowest BCUT2D eigenvalue weighted by Gasteiger charge is -2.20. The number of anilines is 1. The highest BCUT2D eigenvalue weighted by molar-refractivity contribution is 6.44. The summed E-state index contributed by atoms with van der Waals surface area (Å²) >= 11 is 17.7. The molecule has 4 nitrogen and oxygen atoms in total. The van der Waals surface area contributed by atoms with Crippen LogP contribution in [0.2, 0.25) is 15.1 Å². The maximum atomic E-state index is 11.9. The summed E-state index contributed by atoms with van der Waals surface area (Å²) in [4.78, 5) is 23.8. The number of benzene rings is 1. The van der Waals surface area contributed by atoms with Crippen LogP contribution in [0.4, 0.5) is 5.69 Å². The molecule has 2 aliphatic rings. The van der Waals surface area contributed by atoms with Gasteiger partial charge in [0.2, 0.25) is 0 Å². The molecular formula is C17H18Cl3NO3. The second-order valence-corrected chi connectivity index (χ2v) is 7.82. The summed E-state index contributed by atoms with van der Waals surface area (Å²) in [5, 5.41) is 3.42. The first kappa shape index (κ1) is 17.8. The van der Waals surface area contributed by atoms with Crippen LogP contribution in [-0.2, 0) is 14.3 Å². The molecule has 130 valence electrons. The molecule has 3 atom stereocenters. The van der Waals surface area contributed by atoms with Gasteiger partial charge in [0.25, 0.3) is 5.91 Å². The van der Waals surface area contributed by atoms with Gasteiger partial charge in [-0.15, -0.1) is 0 Å². The van der Waals surface area contributed by atoms with E-state index >= 15 is 0 Å². The number of fused-ring (bicyclic) bond motifs is 2. The van der Waals surface area contributed by atoms with Crippen molar-refractivity contribution >= 4 is 52.4 Å². The Kier molecular flexibility index (Phi) is 5.58. The van der Waals surface area contributed by atoms with Gasteiger partial charge in [0.1, 0.15) is 0 Å². The van der Waals surface area contributed by atoms with Crippen LogP contribution in [0.5, 0.6) is 0 Å². The van der Waals surface area contributed by atoms with E-state index in [2.05, 4.69) is 5.32 Å². The van der Waals surface area contributed by atoms with E-state index in [1.807, 2.05) is 0 Å². The number of amides is 1. The lowest BCUT2D eigenvalue weighted by atomic mass is 9.86. The van der Waals surface area contributed by atoms with Crippen molar-refractivity contribution in [2.45, 2.75) is 32.1 Å². The van der Waals surface area contributed by atoms with Gasteiger partial charge in [0.05, 0.1) is 20.8 Å². The summed E-state index contributed by atoms with van der Waals surface area (Å²) in [5.74, 6) is 1.09. The van der Waals surface area contributed by atoms with Crippen LogP contribution in [0.1, 0.15) is 32.1 Å². The highest BCUT2D eigenvalue weighted by Crippen LogP contribution is 2.49. The average molecular weight is 391 g/mol. The van der Waals surface area contributed by atoms with Crippen molar-refractivity contribution in [1.82, 2.24) is 0 Å². The van der Waals surface area contributed by atoms with E-state index in [9.17, 15) is 9.59 Å². The fourth-order valence-electron chi connectivity index (χ4n) is 3.85. The minimum absolute atomic E-state index is 0.269. The molecule has 3 rings (SSSR count). The number of hydrogen-bond donors (Lipinski definition) is 1. The fourth-order valence-corrected chi connectivity index (χ4v) is 4.44. The summed E-state index contributed by atoms with van der Waals surface area (Å²) in [7, 11) is 0. The maximum absolute atomic E-state index is 11.9. The fraction of sp³-hybridized carbons (Fsp3) is 0.529. The van der Waals surface area contributed by atoms with Crippen molar-refractivity contribution in [1.29, 1.82) is 0 Å². The van der Waals surface area contributed by atoms with E-state index in [0.29, 0.717) is 29.0 Å². The zero-order valence-electron chi connectivity index (χ0n) is 13.0. The van der Waals surface area contributed by atoms with Crippen molar-refractivity contribution in [3.63, 3.8) is 0 Å². The first-order valence-electron chi connectivity index (χ1n) is 8.02. The standard InChI is InChI=1S/C17H18Cl3NO3/c18-12-6-14(20)15(7-13(12)19)21-16(22)8-24-17(23)5-11-4-9-1-2-10(11)3-9/h6-7,9-11H,1-5,8H2,(H,21,22). The first-order valence-corrected chi connectivity index (χ1v) is 9.15. The zero-order valence-corrected chi connectivity index (χ0v) is 15.3. The predicted molar refractivity (Wildman–Crippen MR) is 94.6 cm³/mol. The molecule has 0 radical (unpaired) electrons. The summed E-state index contributed by atoms with van der Waals surface area (Å²) in [6.07, 6.45) is 5.28. The molecule has 0 saturated heterocycles. The van der Waals surface area contributed by atoms with Crippen molar-refractivity contribution in [3.05, 3.63) is 27.2 Å².